The number of carbonyl (C=O) groups excluding carboxylic acids is 3. The van der Waals surface area contributed by atoms with E-state index in [0.29, 0.717) is 10.6 Å². The van der Waals surface area contributed by atoms with Crippen LogP contribution in [0.4, 0.5) is 16.2 Å². The second kappa shape index (κ2) is 7.80. The number of imide groups is 1. The van der Waals surface area contributed by atoms with Crippen molar-refractivity contribution >= 4 is 35.3 Å². The molecule has 0 radical (unpaired) electrons. The number of hydrogen-bond donors (Lipinski definition) is 3. The minimum Gasteiger partial charge on any atom is -0.507 e. The highest BCUT2D eigenvalue weighted by molar-refractivity contribution is 6.16. The zero-order valence-electron chi connectivity index (χ0n) is 15.2. The molecule has 2 aromatic carbocycles. The van der Waals surface area contributed by atoms with Gasteiger partial charge in [-0.1, -0.05) is 17.7 Å². The van der Waals surface area contributed by atoms with Crippen molar-refractivity contribution in [1.82, 2.24) is 10.2 Å². The van der Waals surface area contributed by atoms with Gasteiger partial charge in [0, 0.05) is 23.4 Å². The van der Waals surface area contributed by atoms with Crippen LogP contribution in [-0.2, 0) is 9.59 Å². The highest BCUT2D eigenvalue weighted by Gasteiger charge is 2.35. The van der Waals surface area contributed by atoms with Gasteiger partial charge in [0.05, 0.1) is 4.92 Å². The summed E-state index contributed by atoms with van der Waals surface area (Å²) < 4.78 is 0. The van der Waals surface area contributed by atoms with E-state index < -0.39 is 29.3 Å². The Balaban J connectivity index is 1.75. The summed E-state index contributed by atoms with van der Waals surface area (Å²) in [5.41, 5.74) is 1.00. The van der Waals surface area contributed by atoms with Crippen LogP contribution in [0.3, 0.4) is 0 Å². The molecule has 0 spiro atoms. The lowest BCUT2D eigenvalue weighted by Gasteiger charge is -2.12. The number of rotatable bonds is 5. The molecule has 4 amide bonds. The van der Waals surface area contributed by atoms with E-state index >= 15 is 0 Å². The summed E-state index contributed by atoms with van der Waals surface area (Å²) in [6, 6.07) is 9.45. The number of benzene rings is 2. The van der Waals surface area contributed by atoms with Crippen LogP contribution >= 0.6 is 0 Å². The lowest BCUT2D eigenvalue weighted by Crippen LogP contribution is -2.38. The molecule has 1 heterocycles. The largest absolute Gasteiger partial charge is 0.507 e. The Labute approximate surface area is 164 Å². The van der Waals surface area contributed by atoms with E-state index in [1.807, 2.05) is 6.92 Å². The van der Waals surface area contributed by atoms with E-state index in [1.165, 1.54) is 0 Å². The first-order valence-electron chi connectivity index (χ1n) is 8.43. The quantitative estimate of drug-likeness (QED) is 0.306. The summed E-state index contributed by atoms with van der Waals surface area (Å²) >= 11 is 0. The van der Waals surface area contributed by atoms with Gasteiger partial charge in [0.15, 0.2) is 0 Å². The van der Waals surface area contributed by atoms with Crippen LogP contribution in [0.25, 0.3) is 6.08 Å². The van der Waals surface area contributed by atoms with Crippen molar-refractivity contribution < 1.29 is 24.4 Å². The number of nitro groups is 1. The van der Waals surface area contributed by atoms with Gasteiger partial charge in [-0.2, -0.15) is 0 Å². The highest BCUT2D eigenvalue weighted by atomic mass is 16.6. The summed E-state index contributed by atoms with van der Waals surface area (Å²) in [4.78, 5) is 47.6. The minimum absolute atomic E-state index is 0.0196. The molecule has 29 heavy (non-hydrogen) atoms. The standard InChI is InChI=1S/C19H16N4O6/c1-11-2-4-13(5-3-11)20-17(25)10-22-18(26)15(21-19(22)27)9-12-8-14(23(28)29)6-7-16(12)24/h2-9,24H,10H2,1H3,(H,20,25)(H,21,27)/b15-9+. The predicted octanol–water partition coefficient (Wildman–Crippen LogP) is 2.14. The number of nitro benzene ring substituents is 1. The lowest BCUT2D eigenvalue weighted by molar-refractivity contribution is -0.384. The van der Waals surface area contributed by atoms with E-state index in [-0.39, 0.29) is 22.7 Å². The van der Waals surface area contributed by atoms with Crippen molar-refractivity contribution in [2.75, 3.05) is 11.9 Å². The maximum atomic E-state index is 12.5. The monoisotopic (exact) mass is 396 g/mol. The normalized spacial score (nSPS) is 14.8. The Kier molecular flexibility index (Phi) is 5.26. The number of nitrogens with zero attached hydrogens (tertiary/aromatic N) is 2. The zero-order chi connectivity index (χ0) is 21.1. The van der Waals surface area contributed by atoms with Crippen LogP contribution in [0.15, 0.2) is 48.2 Å². The SMILES string of the molecule is Cc1ccc(NC(=O)CN2C(=O)N/C(=C/c3cc([N+](=O)[O-])ccc3O)C2=O)cc1. The van der Waals surface area contributed by atoms with Gasteiger partial charge in [-0.25, -0.2) is 9.69 Å². The van der Waals surface area contributed by atoms with Gasteiger partial charge in [-0.05, 0) is 31.2 Å². The fourth-order valence-electron chi connectivity index (χ4n) is 2.62. The van der Waals surface area contributed by atoms with Gasteiger partial charge < -0.3 is 15.7 Å². The second-order valence-electron chi connectivity index (χ2n) is 6.29. The first-order chi connectivity index (χ1) is 13.7. The molecular formula is C19H16N4O6. The number of non-ortho nitro benzene ring substituents is 1. The zero-order valence-corrected chi connectivity index (χ0v) is 15.2. The maximum absolute atomic E-state index is 12.5. The molecule has 10 heteroatoms. The molecule has 1 aliphatic rings. The highest BCUT2D eigenvalue weighted by Crippen LogP contribution is 2.26. The number of phenols is 1. The first-order valence-corrected chi connectivity index (χ1v) is 8.43. The van der Waals surface area contributed by atoms with Crippen molar-refractivity contribution in [1.29, 1.82) is 0 Å². The van der Waals surface area contributed by atoms with Crippen molar-refractivity contribution in [3.63, 3.8) is 0 Å². The number of amides is 4. The molecule has 0 aliphatic carbocycles. The molecule has 3 rings (SSSR count). The molecular weight excluding hydrogens is 380 g/mol. The Morgan fingerprint density at radius 1 is 1.24 bits per heavy atom. The van der Waals surface area contributed by atoms with Gasteiger partial charge in [-0.3, -0.25) is 19.7 Å². The fraction of sp³-hybridized carbons (Fsp3) is 0.105. The van der Waals surface area contributed by atoms with E-state index in [0.717, 1.165) is 29.8 Å². The van der Waals surface area contributed by atoms with Gasteiger partial charge in [-0.15, -0.1) is 0 Å². The van der Waals surface area contributed by atoms with E-state index in [2.05, 4.69) is 10.6 Å². The van der Waals surface area contributed by atoms with E-state index in [4.69, 9.17) is 0 Å². The predicted molar refractivity (Wildman–Crippen MR) is 103 cm³/mol. The van der Waals surface area contributed by atoms with Crippen LogP contribution < -0.4 is 10.6 Å². The molecule has 0 unspecified atom stereocenters. The summed E-state index contributed by atoms with van der Waals surface area (Å²) in [5.74, 6) is -1.67. The Hall–Kier alpha value is -4.21. The average Bonchev–Trinajstić information content (AvgIpc) is 2.92. The maximum Gasteiger partial charge on any atom is 0.329 e. The van der Waals surface area contributed by atoms with Crippen LogP contribution in [0.1, 0.15) is 11.1 Å². The van der Waals surface area contributed by atoms with Crippen molar-refractivity contribution in [2.45, 2.75) is 6.92 Å². The number of nitrogens with one attached hydrogen (secondary N) is 2. The number of carbonyl (C=O) groups is 3. The van der Waals surface area contributed by atoms with Crippen molar-refractivity contribution in [3.05, 3.63) is 69.4 Å². The Morgan fingerprint density at radius 2 is 1.93 bits per heavy atom. The molecule has 2 aromatic rings. The summed E-state index contributed by atoms with van der Waals surface area (Å²) in [6.07, 6.45) is 1.11. The summed E-state index contributed by atoms with van der Waals surface area (Å²) in [5, 5.41) is 25.6. The minimum atomic E-state index is -0.815. The number of urea groups is 1. The third-order valence-electron chi connectivity index (χ3n) is 4.12. The first kappa shape index (κ1) is 19.5. The van der Waals surface area contributed by atoms with E-state index in [9.17, 15) is 29.6 Å². The number of hydrogen-bond acceptors (Lipinski definition) is 6. The summed E-state index contributed by atoms with van der Waals surface area (Å²) in [7, 11) is 0. The second-order valence-corrected chi connectivity index (χ2v) is 6.29. The van der Waals surface area contributed by atoms with Crippen LogP contribution in [0.5, 0.6) is 5.75 Å². The molecule has 148 valence electrons. The Bertz CT molecular complexity index is 1050. The third kappa shape index (κ3) is 4.38. The van der Waals surface area contributed by atoms with Gasteiger partial charge >= 0.3 is 6.03 Å². The van der Waals surface area contributed by atoms with Crippen LogP contribution in [0.2, 0.25) is 0 Å². The lowest BCUT2D eigenvalue weighted by atomic mass is 10.1. The van der Waals surface area contributed by atoms with Crippen LogP contribution in [-0.4, -0.2) is 39.3 Å². The van der Waals surface area contributed by atoms with E-state index in [1.54, 1.807) is 24.3 Å². The fourth-order valence-corrected chi connectivity index (χ4v) is 2.62. The third-order valence-corrected chi connectivity index (χ3v) is 4.12. The molecule has 0 saturated carbocycles. The van der Waals surface area contributed by atoms with Gasteiger partial charge in [0.25, 0.3) is 11.6 Å². The summed E-state index contributed by atoms with van der Waals surface area (Å²) in [6.45, 7) is 1.38. The average molecular weight is 396 g/mol. The topological polar surface area (TPSA) is 142 Å². The molecule has 0 aromatic heterocycles. The molecule has 3 N–H and O–H groups in total. The number of anilines is 1. The number of phenolic OH excluding ortho intramolecular Hbond substituents is 1. The molecule has 1 saturated heterocycles. The molecule has 0 atom stereocenters. The molecule has 1 fully saturated rings. The molecule has 10 nitrogen and oxygen atoms in total. The number of aryl methyl sites for hydroxylation is 1. The van der Waals surface area contributed by atoms with Crippen molar-refractivity contribution in [3.8, 4) is 5.75 Å². The Morgan fingerprint density at radius 3 is 2.59 bits per heavy atom. The smallest absolute Gasteiger partial charge is 0.329 e. The van der Waals surface area contributed by atoms with Gasteiger partial charge in [0.2, 0.25) is 5.91 Å². The van der Waals surface area contributed by atoms with Crippen LogP contribution in [0, 0.1) is 17.0 Å². The number of aromatic hydroxyl groups is 1. The van der Waals surface area contributed by atoms with Crippen molar-refractivity contribution in [2.24, 2.45) is 0 Å². The molecule has 1 aliphatic heterocycles. The van der Waals surface area contributed by atoms with Gasteiger partial charge in [0.1, 0.15) is 18.0 Å². The molecule has 0 bridgehead atoms.